The molecule has 0 bridgehead atoms. The third kappa shape index (κ3) is 2.67. The molecular formula is C22H17F2N3. The topological polar surface area (TPSA) is 29.9 Å². The standard InChI is InChI=1S/C22H17F2N3/c23-15-11-9-14(10-12-15)19-13-21(16-5-1-2-6-17(16)24)27-20-8-4-3-7-18(20)25-22(27)26-19/h1-12,19,21H,13H2,(H,25,26)/t19-,21-/m1/s1. The lowest BCUT2D eigenvalue weighted by atomic mass is 9.92. The molecule has 0 saturated carbocycles. The van der Waals surface area contributed by atoms with Crippen LogP contribution in [0.1, 0.15) is 29.6 Å². The van der Waals surface area contributed by atoms with Crippen LogP contribution in [-0.2, 0) is 0 Å². The number of benzene rings is 3. The van der Waals surface area contributed by atoms with Gasteiger partial charge < -0.3 is 9.88 Å². The maximum absolute atomic E-state index is 14.7. The van der Waals surface area contributed by atoms with Crippen LogP contribution in [0.2, 0.25) is 0 Å². The molecule has 0 unspecified atom stereocenters. The molecule has 1 aliphatic heterocycles. The van der Waals surface area contributed by atoms with E-state index in [0.717, 1.165) is 16.6 Å². The predicted molar refractivity (Wildman–Crippen MR) is 102 cm³/mol. The molecule has 27 heavy (non-hydrogen) atoms. The van der Waals surface area contributed by atoms with Crippen molar-refractivity contribution in [2.45, 2.75) is 18.5 Å². The molecular weight excluding hydrogens is 344 g/mol. The van der Waals surface area contributed by atoms with E-state index in [9.17, 15) is 8.78 Å². The SMILES string of the molecule is Fc1ccc([C@H]2C[C@H](c3ccccc3F)n3c(nc4ccccc43)N2)cc1. The first-order valence-electron chi connectivity index (χ1n) is 8.94. The number of halogens is 2. The highest BCUT2D eigenvalue weighted by Gasteiger charge is 2.32. The minimum Gasteiger partial charge on any atom is -0.349 e. The first-order valence-corrected chi connectivity index (χ1v) is 8.94. The summed E-state index contributed by atoms with van der Waals surface area (Å²) in [5.41, 5.74) is 3.42. The van der Waals surface area contributed by atoms with Gasteiger partial charge in [-0.3, -0.25) is 0 Å². The number of hydrogen-bond donors (Lipinski definition) is 1. The summed E-state index contributed by atoms with van der Waals surface area (Å²) in [4.78, 5) is 4.71. The average Bonchev–Trinajstić information content (AvgIpc) is 3.07. The number of nitrogens with zero attached hydrogens (tertiary/aromatic N) is 2. The van der Waals surface area contributed by atoms with Crippen molar-refractivity contribution in [2.24, 2.45) is 0 Å². The fourth-order valence-electron chi connectivity index (χ4n) is 3.93. The van der Waals surface area contributed by atoms with Crippen LogP contribution in [-0.4, -0.2) is 9.55 Å². The van der Waals surface area contributed by atoms with E-state index in [1.54, 1.807) is 18.2 Å². The van der Waals surface area contributed by atoms with Crippen molar-refractivity contribution in [3.63, 3.8) is 0 Å². The van der Waals surface area contributed by atoms with E-state index < -0.39 is 0 Å². The van der Waals surface area contributed by atoms with Gasteiger partial charge in [-0.2, -0.15) is 0 Å². The number of para-hydroxylation sites is 2. The molecule has 3 aromatic carbocycles. The largest absolute Gasteiger partial charge is 0.349 e. The molecule has 0 radical (unpaired) electrons. The van der Waals surface area contributed by atoms with Gasteiger partial charge in [0.1, 0.15) is 11.6 Å². The first kappa shape index (κ1) is 16.0. The third-order valence-corrected chi connectivity index (χ3v) is 5.21. The van der Waals surface area contributed by atoms with E-state index in [1.165, 1.54) is 18.2 Å². The third-order valence-electron chi connectivity index (χ3n) is 5.21. The molecule has 1 aromatic heterocycles. The second-order valence-corrected chi connectivity index (χ2v) is 6.82. The lowest BCUT2D eigenvalue weighted by molar-refractivity contribution is 0.456. The Balaban J connectivity index is 1.68. The Hall–Kier alpha value is -3.21. The number of imidazole rings is 1. The second kappa shape index (κ2) is 6.20. The second-order valence-electron chi connectivity index (χ2n) is 6.82. The van der Waals surface area contributed by atoms with E-state index in [0.29, 0.717) is 17.9 Å². The maximum Gasteiger partial charge on any atom is 0.204 e. The Bertz CT molecular complexity index is 1120. The van der Waals surface area contributed by atoms with Crippen molar-refractivity contribution in [3.05, 3.63) is 95.6 Å². The lowest BCUT2D eigenvalue weighted by Gasteiger charge is -2.33. The summed E-state index contributed by atoms with van der Waals surface area (Å²) >= 11 is 0. The molecule has 5 heteroatoms. The Morgan fingerprint density at radius 2 is 1.63 bits per heavy atom. The predicted octanol–water partition coefficient (Wildman–Crippen LogP) is 5.46. The van der Waals surface area contributed by atoms with Gasteiger partial charge in [0, 0.05) is 5.56 Å². The van der Waals surface area contributed by atoms with E-state index in [2.05, 4.69) is 9.88 Å². The molecule has 0 aliphatic carbocycles. The van der Waals surface area contributed by atoms with Crippen LogP contribution in [0.25, 0.3) is 11.0 Å². The summed E-state index contributed by atoms with van der Waals surface area (Å²) in [7, 11) is 0. The number of anilines is 1. The Morgan fingerprint density at radius 3 is 2.44 bits per heavy atom. The number of nitrogens with one attached hydrogen (secondary N) is 1. The summed E-state index contributed by atoms with van der Waals surface area (Å²) in [6, 6.07) is 20.9. The minimum absolute atomic E-state index is 0.0838. The van der Waals surface area contributed by atoms with Gasteiger partial charge in [-0.25, -0.2) is 13.8 Å². The molecule has 2 atom stereocenters. The van der Waals surface area contributed by atoms with E-state index >= 15 is 0 Å². The fraction of sp³-hybridized carbons (Fsp3) is 0.136. The highest BCUT2D eigenvalue weighted by atomic mass is 19.1. The molecule has 2 heterocycles. The van der Waals surface area contributed by atoms with Crippen LogP contribution < -0.4 is 5.32 Å². The maximum atomic E-state index is 14.7. The average molecular weight is 361 g/mol. The van der Waals surface area contributed by atoms with Crippen LogP contribution in [0, 0.1) is 11.6 Å². The molecule has 134 valence electrons. The van der Waals surface area contributed by atoms with Crippen LogP contribution in [0.5, 0.6) is 0 Å². The summed E-state index contributed by atoms with van der Waals surface area (Å²) in [5, 5.41) is 3.45. The normalized spacial score (nSPS) is 18.9. The molecule has 1 aliphatic rings. The van der Waals surface area contributed by atoms with Gasteiger partial charge in [-0.15, -0.1) is 0 Å². The zero-order valence-corrected chi connectivity index (χ0v) is 14.4. The zero-order chi connectivity index (χ0) is 18.4. The number of hydrogen-bond acceptors (Lipinski definition) is 2. The van der Waals surface area contributed by atoms with Crippen LogP contribution in [0.3, 0.4) is 0 Å². The van der Waals surface area contributed by atoms with Crippen molar-refractivity contribution in [1.29, 1.82) is 0 Å². The van der Waals surface area contributed by atoms with Crippen molar-refractivity contribution in [3.8, 4) is 0 Å². The van der Waals surface area contributed by atoms with Crippen molar-refractivity contribution in [2.75, 3.05) is 5.32 Å². The molecule has 1 N–H and O–H groups in total. The number of rotatable bonds is 2. The van der Waals surface area contributed by atoms with E-state index in [1.807, 2.05) is 36.4 Å². The van der Waals surface area contributed by atoms with Crippen molar-refractivity contribution >= 4 is 17.0 Å². The van der Waals surface area contributed by atoms with Gasteiger partial charge in [0.2, 0.25) is 5.95 Å². The lowest BCUT2D eigenvalue weighted by Crippen LogP contribution is -2.27. The molecule has 4 aromatic rings. The number of aromatic nitrogens is 2. The van der Waals surface area contributed by atoms with Gasteiger partial charge in [0.25, 0.3) is 0 Å². The Morgan fingerprint density at radius 1 is 0.889 bits per heavy atom. The highest BCUT2D eigenvalue weighted by molar-refractivity contribution is 5.79. The molecule has 0 spiro atoms. The van der Waals surface area contributed by atoms with Gasteiger partial charge in [-0.05, 0) is 42.3 Å². The minimum atomic E-state index is -0.271. The molecule has 0 fully saturated rings. The first-order chi connectivity index (χ1) is 13.2. The smallest absolute Gasteiger partial charge is 0.204 e. The summed E-state index contributed by atoms with van der Waals surface area (Å²) in [6.45, 7) is 0. The fourth-order valence-corrected chi connectivity index (χ4v) is 3.93. The van der Waals surface area contributed by atoms with Crippen molar-refractivity contribution in [1.82, 2.24) is 9.55 Å². The van der Waals surface area contributed by atoms with Crippen LogP contribution in [0.4, 0.5) is 14.7 Å². The van der Waals surface area contributed by atoms with Crippen LogP contribution in [0.15, 0.2) is 72.8 Å². The Kier molecular flexibility index (Phi) is 3.67. The zero-order valence-electron chi connectivity index (χ0n) is 14.4. The van der Waals surface area contributed by atoms with Crippen molar-refractivity contribution < 1.29 is 8.78 Å². The molecule has 0 saturated heterocycles. The Labute approximate surface area is 155 Å². The molecule has 0 amide bonds. The highest BCUT2D eigenvalue weighted by Crippen LogP contribution is 2.41. The van der Waals surface area contributed by atoms with Gasteiger partial charge >= 0.3 is 0 Å². The van der Waals surface area contributed by atoms with Gasteiger partial charge in [0.15, 0.2) is 0 Å². The summed E-state index contributed by atoms with van der Waals surface area (Å²) < 4.78 is 30.1. The number of fused-ring (bicyclic) bond motifs is 3. The van der Waals surface area contributed by atoms with Gasteiger partial charge in [-0.1, -0.05) is 42.5 Å². The van der Waals surface area contributed by atoms with Crippen LogP contribution >= 0.6 is 0 Å². The van der Waals surface area contributed by atoms with E-state index in [-0.39, 0.29) is 23.7 Å². The monoisotopic (exact) mass is 361 g/mol. The molecule has 3 nitrogen and oxygen atoms in total. The summed E-state index contributed by atoms with van der Waals surface area (Å²) in [6.07, 6.45) is 0.639. The summed E-state index contributed by atoms with van der Waals surface area (Å²) in [5.74, 6) is 0.198. The molecule has 5 rings (SSSR count). The quantitative estimate of drug-likeness (QED) is 0.514. The van der Waals surface area contributed by atoms with Gasteiger partial charge in [0.05, 0.1) is 23.1 Å². The van der Waals surface area contributed by atoms with E-state index in [4.69, 9.17) is 4.98 Å².